The molecule has 5 nitrogen and oxygen atoms in total. The average Bonchev–Trinajstić information content (AvgIpc) is 2.76. The molecule has 0 radical (unpaired) electrons. The molecule has 1 spiro atoms. The Kier molecular flexibility index (Phi) is 6.46. The molecule has 2 aromatic carbocycles. The molecule has 2 heterocycles. The monoisotopic (exact) mass is 443 g/mol. The Hall–Kier alpha value is -2.93. The van der Waals surface area contributed by atoms with Gasteiger partial charge in [0.25, 0.3) is 0 Å². The lowest BCUT2D eigenvalue weighted by Crippen LogP contribution is -2.49. The lowest BCUT2D eigenvalue weighted by atomic mass is 9.83. The van der Waals surface area contributed by atoms with Gasteiger partial charge in [0.1, 0.15) is 11.4 Å². The number of likely N-dealkylation sites (tertiary alicyclic amines) is 1. The Balaban J connectivity index is 1.67. The number of benzene rings is 2. The number of halogens is 2. The van der Waals surface area contributed by atoms with Gasteiger partial charge in [-0.1, -0.05) is 31.5 Å². The van der Waals surface area contributed by atoms with Crippen LogP contribution in [0.4, 0.5) is 8.78 Å². The number of aliphatic carboxylic acids is 1. The van der Waals surface area contributed by atoms with Crippen LogP contribution in [-0.2, 0) is 4.79 Å². The largest absolute Gasteiger partial charge is 0.488 e. The first-order chi connectivity index (χ1) is 15.4. The van der Waals surface area contributed by atoms with E-state index in [2.05, 4.69) is 0 Å². The summed E-state index contributed by atoms with van der Waals surface area (Å²) >= 11 is 0. The van der Waals surface area contributed by atoms with E-state index in [1.165, 1.54) is 12.1 Å². The highest BCUT2D eigenvalue weighted by molar-refractivity contribution is 5.85. The summed E-state index contributed by atoms with van der Waals surface area (Å²) in [6.07, 6.45) is 4.71. The van der Waals surface area contributed by atoms with Crippen LogP contribution in [0.15, 0.2) is 42.5 Å². The van der Waals surface area contributed by atoms with Gasteiger partial charge in [-0.25, -0.2) is 8.78 Å². The zero-order valence-electron chi connectivity index (χ0n) is 18.1. The molecule has 4 rings (SSSR count). The number of carboxylic acid groups (broad SMARTS) is 1. The molecule has 1 saturated heterocycles. The molecule has 2 aromatic rings. The van der Waals surface area contributed by atoms with Gasteiger partial charge in [-0.05, 0) is 41.8 Å². The molecule has 0 atom stereocenters. The SMILES string of the molecule is CCCCOc1c(F)cc(C2=CC3(CCN(CC(=O)O)CC3)Oc3ccccc32)cc1F. The van der Waals surface area contributed by atoms with Crippen molar-refractivity contribution in [1.29, 1.82) is 0 Å². The fourth-order valence-electron chi connectivity index (χ4n) is 4.31. The first kappa shape index (κ1) is 22.3. The Labute approximate surface area is 186 Å². The summed E-state index contributed by atoms with van der Waals surface area (Å²) in [5.74, 6) is -2.02. The van der Waals surface area contributed by atoms with Gasteiger partial charge < -0.3 is 14.6 Å². The number of rotatable bonds is 7. The second-order valence-corrected chi connectivity index (χ2v) is 8.36. The molecule has 32 heavy (non-hydrogen) atoms. The van der Waals surface area contributed by atoms with Crippen LogP contribution in [0, 0.1) is 11.6 Å². The van der Waals surface area contributed by atoms with Crippen molar-refractivity contribution >= 4 is 11.5 Å². The molecule has 2 aliphatic rings. The van der Waals surface area contributed by atoms with Crippen molar-refractivity contribution in [3.63, 3.8) is 0 Å². The van der Waals surface area contributed by atoms with E-state index >= 15 is 0 Å². The number of hydrogen-bond donors (Lipinski definition) is 1. The number of carboxylic acids is 1. The zero-order valence-corrected chi connectivity index (χ0v) is 18.1. The number of piperidine rings is 1. The third-order valence-electron chi connectivity index (χ3n) is 6.01. The number of fused-ring (bicyclic) bond motifs is 1. The smallest absolute Gasteiger partial charge is 0.317 e. The normalized spacial score (nSPS) is 17.4. The van der Waals surface area contributed by atoms with Crippen molar-refractivity contribution in [1.82, 2.24) is 4.90 Å². The fourth-order valence-corrected chi connectivity index (χ4v) is 4.31. The van der Waals surface area contributed by atoms with Crippen molar-refractivity contribution in [2.75, 3.05) is 26.2 Å². The molecule has 7 heteroatoms. The maximum atomic E-state index is 14.8. The third-order valence-corrected chi connectivity index (χ3v) is 6.01. The first-order valence-corrected chi connectivity index (χ1v) is 11.0. The van der Waals surface area contributed by atoms with Crippen LogP contribution in [0.5, 0.6) is 11.5 Å². The Morgan fingerprint density at radius 2 is 1.88 bits per heavy atom. The average molecular weight is 443 g/mol. The molecule has 2 aliphatic heterocycles. The van der Waals surface area contributed by atoms with Gasteiger partial charge in [-0.2, -0.15) is 0 Å². The van der Waals surface area contributed by atoms with Gasteiger partial charge in [-0.15, -0.1) is 0 Å². The Morgan fingerprint density at radius 1 is 1.19 bits per heavy atom. The Morgan fingerprint density at radius 3 is 2.53 bits per heavy atom. The van der Waals surface area contributed by atoms with Gasteiger partial charge in [-0.3, -0.25) is 9.69 Å². The van der Waals surface area contributed by atoms with E-state index in [-0.39, 0.29) is 18.9 Å². The number of para-hydroxylation sites is 1. The summed E-state index contributed by atoms with van der Waals surface area (Å²) in [4.78, 5) is 12.9. The highest BCUT2D eigenvalue weighted by Gasteiger charge is 2.39. The van der Waals surface area contributed by atoms with Gasteiger partial charge >= 0.3 is 5.97 Å². The summed E-state index contributed by atoms with van der Waals surface area (Å²) in [5, 5.41) is 9.06. The minimum atomic E-state index is -0.862. The minimum Gasteiger partial charge on any atom is -0.488 e. The Bertz CT molecular complexity index is 1010. The molecular weight excluding hydrogens is 416 g/mol. The van der Waals surface area contributed by atoms with E-state index in [0.717, 1.165) is 18.4 Å². The second kappa shape index (κ2) is 9.28. The van der Waals surface area contributed by atoms with Crippen LogP contribution in [-0.4, -0.2) is 47.8 Å². The lowest BCUT2D eigenvalue weighted by Gasteiger charge is -2.42. The maximum absolute atomic E-state index is 14.8. The van der Waals surface area contributed by atoms with Crippen molar-refractivity contribution < 1.29 is 28.2 Å². The van der Waals surface area contributed by atoms with Crippen LogP contribution in [0.3, 0.4) is 0 Å². The summed E-state index contributed by atoms with van der Waals surface area (Å²) in [6.45, 7) is 3.35. The van der Waals surface area contributed by atoms with Crippen molar-refractivity contribution in [3.05, 3.63) is 65.2 Å². The van der Waals surface area contributed by atoms with Crippen LogP contribution >= 0.6 is 0 Å². The molecule has 0 aliphatic carbocycles. The molecule has 0 unspecified atom stereocenters. The van der Waals surface area contributed by atoms with Gasteiger partial charge in [0.05, 0.1) is 13.2 Å². The number of hydrogen-bond acceptors (Lipinski definition) is 4. The van der Waals surface area contributed by atoms with Crippen molar-refractivity contribution in [2.24, 2.45) is 0 Å². The van der Waals surface area contributed by atoms with E-state index in [1.54, 1.807) is 0 Å². The standard InChI is InChI=1S/C25H27F2NO4/c1-2-3-12-31-24-20(26)13-17(14-21(24)27)19-15-25(32-22-7-5-4-6-18(19)22)8-10-28(11-9-25)16-23(29)30/h4-7,13-15H,2-3,8-12,16H2,1H3,(H,29,30). The summed E-state index contributed by atoms with van der Waals surface area (Å²) in [5.41, 5.74) is 1.24. The summed E-state index contributed by atoms with van der Waals surface area (Å²) < 4.78 is 41.3. The number of nitrogens with zero attached hydrogens (tertiary/aromatic N) is 1. The van der Waals surface area contributed by atoms with E-state index in [1.807, 2.05) is 42.2 Å². The predicted molar refractivity (Wildman–Crippen MR) is 117 cm³/mol. The van der Waals surface area contributed by atoms with E-state index < -0.39 is 23.2 Å². The second-order valence-electron chi connectivity index (χ2n) is 8.36. The topological polar surface area (TPSA) is 59.0 Å². The molecule has 0 amide bonds. The van der Waals surface area contributed by atoms with E-state index in [0.29, 0.717) is 42.8 Å². The quantitative estimate of drug-likeness (QED) is 0.618. The van der Waals surface area contributed by atoms with Crippen molar-refractivity contribution in [2.45, 2.75) is 38.2 Å². The number of ether oxygens (including phenoxy) is 2. The highest BCUT2D eigenvalue weighted by atomic mass is 19.1. The molecule has 1 fully saturated rings. The van der Waals surface area contributed by atoms with Crippen LogP contribution in [0.1, 0.15) is 43.7 Å². The van der Waals surface area contributed by atoms with Gasteiger partial charge in [0.15, 0.2) is 17.4 Å². The number of unbranched alkanes of at least 4 members (excludes halogenated alkanes) is 1. The highest BCUT2D eigenvalue weighted by Crippen LogP contribution is 2.44. The van der Waals surface area contributed by atoms with Crippen molar-refractivity contribution in [3.8, 4) is 11.5 Å². The maximum Gasteiger partial charge on any atom is 0.317 e. The molecule has 1 N–H and O–H groups in total. The van der Waals surface area contributed by atoms with Crippen LogP contribution in [0.25, 0.3) is 5.57 Å². The zero-order chi connectivity index (χ0) is 22.7. The minimum absolute atomic E-state index is 0.0147. The molecule has 0 aromatic heterocycles. The predicted octanol–water partition coefficient (Wildman–Crippen LogP) is 4.89. The third kappa shape index (κ3) is 4.63. The van der Waals surface area contributed by atoms with E-state index in [4.69, 9.17) is 14.6 Å². The molecule has 170 valence electrons. The van der Waals surface area contributed by atoms with Gasteiger partial charge in [0.2, 0.25) is 0 Å². The van der Waals surface area contributed by atoms with Crippen LogP contribution in [0.2, 0.25) is 0 Å². The van der Waals surface area contributed by atoms with Crippen LogP contribution < -0.4 is 9.47 Å². The first-order valence-electron chi connectivity index (χ1n) is 11.0. The summed E-state index contributed by atoms with van der Waals surface area (Å²) in [7, 11) is 0. The summed E-state index contributed by atoms with van der Waals surface area (Å²) in [6, 6.07) is 10.1. The fraction of sp³-hybridized carbons (Fsp3) is 0.400. The van der Waals surface area contributed by atoms with Gasteiger partial charge in [0, 0.05) is 31.5 Å². The van der Waals surface area contributed by atoms with E-state index in [9.17, 15) is 13.6 Å². The molecule has 0 bridgehead atoms. The number of carbonyl (C=O) groups is 1. The molecule has 0 saturated carbocycles. The lowest BCUT2D eigenvalue weighted by molar-refractivity contribution is -0.139. The molecular formula is C25H27F2NO4.